The smallest absolute Gasteiger partial charge is 0.357 e. The topological polar surface area (TPSA) is 121 Å². The Morgan fingerprint density at radius 2 is 1.96 bits per heavy atom. The minimum absolute atomic E-state index is 0.0406. The minimum atomic E-state index is -0.770. The van der Waals surface area contributed by atoms with Gasteiger partial charge in [0.25, 0.3) is 11.6 Å². The summed E-state index contributed by atoms with van der Waals surface area (Å²) in [6, 6.07) is 10.6. The normalized spacial score (nSPS) is 11.7. The quantitative estimate of drug-likeness (QED) is 0.395. The zero-order valence-corrected chi connectivity index (χ0v) is 13.0. The van der Waals surface area contributed by atoms with Crippen LogP contribution in [-0.2, 0) is 4.74 Å². The molecule has 3 aromatic rings. The van der Waals surface area contributed by atoms with Gasteiger partial charge in [-0.3, -0.25) is 10.1 Å². The lowest BCUT2D eigenvalue weighted by Gasteiger charge is -2.08. The zero-order valence-electron chi connectivity index (χ0n) is 13.0. The molecular weight excluding hydrogens is 328 g/mol. The molecule has 0 aliphatic heterocycles. The highest BCUT2D eigenvalue weighted by atomic mass is 16.6. The van der Waals surface area contributed by atoms with Crippen molar-refractivity contribution >= 4 is 11.7 Å². The maximum Gasteiger partial charge on any atom is 0.357 e. The molecule has 2 aromatic heterocycles. The van der Waals surface area contributed by atoms with Crippen LogP contribution >= 0.6 is 0 Å². The lowest BCUT2D eigenvalue weighted by atomic mass is 10.2. The fourth-order valence-corrected chi connectivity index (χ4v) is 2.00. The summed E-state index contributed by atoms with van der Waals surface area (Å²) in [5.74, 6) is -0.327. The number of hydrogen-bond acceptors (Lipinski definition) is 8. The van der Waals surface area contributed by atoms with Crippen molar-refractivity contribution < 1.29 is 18.9 Å². The molecule has 0 N–H and O–H groups in total. The van der Waals surface area contributed by atoms with Crippen LogP contribution in [0.2, 0.25) is 0 Å². The van der Waals surface area contributed by atoms with Crippen LogP contribution in [0.1, 0.15) is 29.4 Å². The van der Waals surface area contributed by atoms with E-state index in [9.17, 15) is 14.9 Å². The molecule has 9 nitrogen and oxygen atoms in total. The molecule has 0 amide bonds. The third-order valence-corrected chi connectivity index (χ3v) is 3.27. The molecule has 0 unspecified atom stereocenters. The van der Waals surface area contributed by atoms with Gasteiger partial charge in [0, 0.05) is 23.9 Å². The van der Waals surface area contributed by atoms with Gasteiger partial charge < -0.3 is 9.15 Å². The molecule has 25 heavy (non-hydrogen) atoms. The number of nitro groups is 1. The second-order valence-electron chi connectivity index (χ2n) is 5.01. The largest absolute Gasteiger partial charge is 0.448 e. The molecule has 1 aromatic carbocycles. The molecule has 2 heterocycles. The monoisotopic (exact) mass is 340 g/mol. The van der Waals surface area contributed by atoms with Crippen LogP contribution in [0.5, 0.6) is 0 Å². The average Bonchev–Trinajstić information content (AvgIpc) is 3.13. The summed E-state index contributed by atoms with van der Waals surface area (Å²) in [6.07, 6.45) is 0.717. The van der Waals surface area contributed by atoms with Crippen molar-refractivity contribution in [3.8, 4) is 11.5 Å². The lowest BCUT2D eigenvalue weighted by molar-refractivity contribution is -0.384. The van der Waals surface area contributed by atoms with Crippen LogP contribution in [0.25, 0.3) is 11.5 Å². The van der Waals surface area contributed by atoms with Crippen molar-refractivity contribution in [1.82, 2.24) is 15.2 Å². The van der Waals surface area contributed by atoms with Gasteiger partial charge >= 0.3 is 5.97 Å². The second-order valence-corrected chi connectivity index (χ2v) is 5.01. The molecule has 1 atom stereocenters. The van der Waals surface area contributed by atoms with Crippen LogP contribution < -0.4 is 0 Å². The first-order valence-electron chi connectivity index (χ1n) is 7.25. The Labute approximate surface area is 141 Å². The molecule has 0 aliphatic carbocycles. The molecule has 0 saturated carbocycles. The van der Waals surface area contributed by atoms with Gasteiger partial charge in [0.2, 0.25) is 5.89 Å². The van der Waals surface area contributed by atoms with E-state index in [0.29, 0.717) is 5.56 Å². The van der Waals surface area contributed by atoms with E-state index in [1.165, 1.54) is 36.5 Å². The third-order valence-electron chi connectivity index (χ3n) is 3.27. The molecule has 0 spiro atoms. The number of hydrogen-bond donors (Lipinski definition) is 0. The van der Waals surface area contributed by atoms with E-state index in [2.05, 4.69) is 15.2 Å². The van der Waals surface area contributed by atoms with Crippen LogP contribution in [0, 0.1) is 10.1 Å². The lowest BCUT2D eigenvalue weighted by Crippen LogP contribution is -2.10. The number of pyridine rings is 1. The molecular formula is C16H12N4O5. The Balaban J connectivity index is 1.72. The number of rotatable bonds is 5. The molecule has 3 rings (SSSR count). The van der Waals surface area contributed by atoms with Crippen molar-refractivity contribution in [2.24, 2.45) is 0 Å². The summed E-state index contributed by atoms with van der Waals surface area (Å²) in [6.45, 7) is 1.59. The highest BCUT2D eigenvalue weighted by molar-refractivity contribution is 5.87. The predicted octanol–water partition coefficient (Wildman–Crippen LogP) is 2.96. The van der Waals surface area contributed by atoms with Gasteiger partial charge in [-0.15, -0.1) is 10.2 Å². The summed E-state index contributed by atoms with van der Waals surface area (Å²) in [4.78, 5) is 26.0. The molecule has 0 bridgehead atoms. The highest BCUT2D eigenvalue weighted by Crippen LogP contribution is 2.24. The third kappa shape index (κ3) is 3.66. The Bertz CT molecular complexity index is 892. The number of non-ortho nitro benzene ring substituents is 1. The van der Waals surface area contributed by atoms with Crippen molar-refractivity contribution in [3.05, 3.63) is 70.4 Å². The van der Waals surface area contributed by atoms with Gasteiger partial charge in [-0.1, -0.05) is 6.07 Å². The van der Waals surface area contributed by atoms with E-state index in [1.807, 2.05) is 0 Å². The van der Waals surface area contributed by atoms with Crippen molar-refractivity contribution in [2.45, 2.75) is 13.0 Å². The first-order valence-corrected chi connectivity index (χ1v) is 7.25. The van der Waals surface area contributed by atoms with E-state index in [0.717, 1.165) is 0 Å². The first kappa shape index (κ1) is 16.2. The first-order chi connectivity index (χ1) is 12.0. The zero-order chi connectivity index (χ0) is 17.8. The van der Waals surface area contributed by atoms with E-state index in [1.54, 1.807) is 19.1 Å². The standard InChI is InChI=1S/C16H12N4O5/c1-10(24-16(21)13-4-2-3-9-17-13)14-18-19-15(25-14)11-5-7-12(8-6-11)20(22)23/h2-10H,1H3/t10-/m1/s1. The van der Waals surface area contributed by atoms with Crippen LogP contribution in [0.3, 0.4) is 0 Å². The highest BCUT2D eigenvalue weighted by Gasteiger charge is 2.20. The van der Waals surface area contributed by atoms with Gasteiger partial charge in [0.15, 0.2) is 6.10 Å². The van der Waals surface area contributed by atoms with Crippen molar-refractivity contribution in [2.75, 3.05) is 0 Å². The number of ether oxygens (including phenoxy) is 1. The number of benzene rings is 1. The Morgan fingerprint density at radius 1 is 1.20 bits per heavy atom. The minimum Gasteiger partial charge on any atom is -0.448 e. The molecule has 0 fully saturated rings. The summed E-state index contributed by atoms with van der Waals surface area (Å²) in [5, 5.41) is 18.4. The average molecular weight is 340 g/mol. The number of carbonyl (C=O) groups excluding carboxylic acids is 1. The SMILES string of the molecule is C[C@@H](OC(=O)c1ccccn1)c1nnc(-c2ccc([N+](=O)[O-])cc2)o1. The summed E-state index contributed by atoms with van der Waals surface area (Å²) < 4.78 is 10.7. The van der Waals surface area contributed by atoms with Gasteiger partial charge in [0.1, 0.15) is 5.69 Å². The molecule has 0 radical (unpaired) electrons. The fourth-order valence-electron chi connectivity index (χ4n) is 2.00. The number of carbonyl (C=O) groups is 1. The Hall–Kier alpha value is -3.62. The number of esters is 1. The summed E-state index contributed by atoms with van der Waals surface area (Å²) >= 11 is 0. The van der Waals surface area contributed by atoms with Crippen LogP contribution in [0.15, 0.2) is 53.1 Å². The van der Waals surface area contributed by atoms with Crippen LogP contribution in [-0.4, -0.2) is 26.1 Å². The fraction of sp³-hybridized carbons (Fsp3) is 0.125. The van der Waals surface area contributed by atoms with Gasteiger partial charge in [-0.25, -0.2) is 9.78 Å². The molecule has 0 aliphatic rings. The summed E-state index contributed by atoms with van der Waals surface area (Å²) in [7, 11) is 0. The maximum atomic E-state index is 12.0. The number of nitro benzene ring substituents is 1. The predicted molar refractivity (Wildman–Crippen MR) is 84.5 cm³/mol. The van der Waals surface area contributed by atoms with Gasteiger partial charge in [-0.2, -0.15) is 0 Å². The second kappa shape index (κ2) is 6.87. The number of nitrogens with zero attached hydrogens (tertiary/aromatic N) is 4. The van der Waals surface area contributed by atoms with Gasteiger partial charge in [0.05, 0.1) is 4.92 Å². The van der Waals surface area contributed by atoms with E-state index < -0.39 is 17.0 Å². The molecule has 126 valence electrons. The van der Waals surface area contributed by atoms with E-state index >= 15 is 0 Å². The van der Waals surface area contributed by atoms with Crippen LogP contribution in [0.4, 0.5) is 5.69 Å². The number of aromatic nitrogens is 3. The Morgan fingerprint density at radius 3 is 2.60 bits per heavy atom. The van der Waals surface area contributed by atoms with E-state index in [4.69, 9.17) is 9.15 Å². The Kier molecular flexibility index (Phi) is 4.46. The summed E-state index contributed by atoms with van der Waals surface area (Å²) in [5.41, 5.74) is 0.651. The van der Waals surface area contributed by atoms with Gasteiger partial charge in [-0.05, 0) is 31.2 Å². The van der Waals surface area contributed by atoms with Crippen molar-refractivity contribution in [3.63, 3.8) is 0 Å². The maximum absolute atomic E-state index is 12.0. The molecule has 9 heteroatoms. The van der Waals surface area contributed by atoms with E-state index in [-0.39, 0.29) is 23.2 Å². The van der Waals surface area contributed by atoms with Crippen molar-refractivity contribution in [1.29, 1.82) is 0 Å². The molecule has 0 saturated heterocycles.